The second kappa shape index (κ2) is 5.73. The van der Waals surface area contributed by atoms with Crippen LogP contribution in [0.5, 0.6) is 0 Å². The second-order valence-corrected chi connectivity index (χ2v) is 4.59. The molecule has 5 heteroatoms. The van der Waals surface area contributed by atoms with Crippen LogP contribution >= 0.6 is 15.9 Å². The van der Waals surface area contributed by atoms with E-state index >= 15 is 0 Å². The maximum Gasteiger partial charge on any atom is 0.252 e. The predicted octanol–water partition coefficient (Wildman–Crippen LogP) is 2.60. The van der Waals surface area contributed by atoms with Crippen LogP contribution < -0.4 is 11.1 Å². The van der Waals surface area contributed by atoms with Crippen molar-refractivity contribution in [2.45, 2.75) is 6.42 Å². The van der Waals surface area contributed by atoms with Crippen LogP contribution in [0.3, 0.4) is 0 Å². The minimum Gasteiger partial charge on any atom is -0.469 e. The average Bonchev–Trinajstić information content (AvgIpc) is 2.85. The summed E-state index contributed by atoms with van der Waals surface area (Å²) in [4.78, 5) is 11.9. The van der Waals surface area contributed by atoms with Gasteiger partial charge >= 0.3 is 0 Å². The van der Waals surface area contributed by atoms with Gasteiger partial charge in [-0.2, -0.15) is 0 Å². The fourth-order valence-corrected chi connectivity index (χ4v) is 2.02. The molecule has 18 heavy (non-hydrogen) atoms. The summed E-state index contributed by atoms with van der Waals surface area (Å²) >= 11 is 3.31. The van der Waals surface area contributed by atoms with Gasteiger partial charge in [0.15, 0.2) is 0 Å². The predicted molar refractivity (Wildman–Crippen MR) is 73.3 cm³/mol. The molecular weight excluding hydrogens is 296 g/mol. The normalized spacial score (nSPS) is 10.3. The highest BCUT2D eigenvalue weighted by Gasteiger charge is 2.11. The Labute approximate surface area is 113 Å². The van der Waals surface area contributed by atoms with Crippen LogP contribution in [0, 0.1) is 0 Å². The Balaban J connectivity index is 1.93. The Bertz CT molecular complexity index is 538. The third kappa shape index (κ3) is 2.92. The van der Waals surface area contributed by atoms with E-state index in [1.165, 1.54) is 0 Å². The SMILES string of the molecule is Nc1cccc(C(=O)NCCc2ccco2)c1Br. The molecule has 0 saturated heterocycles. The highest BCUT2D eigenvalue weighted by Crippen LogP contribution is 2.23. The van der Waals surface area contributed by atoms with Crippen LogP contribution in [-0.2, 0) is 6.42 Å². The molecule has 0 radical (unpaired) electrons. The molecule has 2 aromatic rings. The molecule has 4 nitrogen and oxygen atoms in total. The number of carbonyl (C=O) groups is 1. The third-order valence-electron chi connectivity index (χ3n) is 2.51. The van der Waals surface area contributed by atoms with Gasteiger partial charge in [-0.15, -0.1) is 0 Å². The van der Waals surface area contributed by atoms with Gasteiger partial charge in [0.05, 0.1) is 16.3 Å². The maximum absolute atomic E-state index is 11.9. The van der Waals surface area contributed by atoms with Crippen molar-refractivity contribution in [1.82, 2.24) is 5.32 Å². The Morgan fingerprint density at radius 2 is 2.17 bits per heavy atom. The molecule has 0 unspecified atom stereocenters. The molecule has 3 N–H and O–H groups in total. The zero-order chi connectivity index (χ0) is 13.0. The van der Waals surface area contributed by atoms with E-state index in [0.29, 0.717) is 28.7 Å². The lowest BCUT2D eigenvalue weighted by atomic mass is 10.2. The minimum atomic E-state index is -0.152. The van der Waals surface area contributed by atoms with Crippen LogP contribution in [0.15, 0.2) is 45.5 Å². The smallest absolute Gasteiger partial charge is 0.252 e. The number of nitrogen functional groups attached to an aromatic ring is 1. The van der Waals surface area contributed by atoms with Gasteiger partial charge in [-0.25, -0.2) is 0 Å². The summed E-state index contributed by atoms with van der Waals surface area (Å²) in [5, 5.41) is 2.82. The number of hydrogen-bond donors (Lipinski definition) is 2. The van der Waals surface area contributed by atoms with Crippen molar-refractivity contribution in [1.29, 1.82) is 0 Å². The zero-order valence-corrected chi connectivity index (χ0v) is 11.2. The van der Waals surface area contributed by atoms with Crippen molar-refractivity contribution >= 4 is 27.5 Å². The molecule has 0 aliphatic carbocycles. The molecule has 1 heterocycles. The molecular formula is C13H13BrN2O2. The summed E-state index contributed by atoms with van der Waals surface area (Å²) in [5.41, 5.74) is 6.81. The Morgan fingerprint density at radius 1 is 1.33 bits per heavy atom. The van der Waals surface area contributed by atoms with Gasteiger partial charge in [-0.1, -0.05) is 6.07 Å². The van der Waals surface area contributed by atoms with Crippen molar-refractivity contribution in [3.8, 4) is 0 Å². The van der Waals surface area contributed by atoms with E-state index in [1.54, 1.807) is 24.5 Å². The second-order valence-electron chi connectivity index (χ2n) is 3.79. The first-order valence-electron chi connectivity index (χ1n) is 5.53. The molecule has 94 valence electrons. The van der Waals surface area contributed by atoms with Gasteiger partial charge in [-0.3, -0.25) is 4.79 Å². The van der Waals surface area contributed by atoms with Crippen molar-refractivity contribution in [3.63, 3.8) is 0 Å². The van der Waals surface area contributed by atoms with E-state index in [0.717, 1.165) is 5.76 Å². The van der Waals surface area contributed by atoms with E-state index in [4.69, 9.17) is 10.2 Å². The Morgan fingerprint density at radius 3 is 2.89 bits per heavy atom. The highest BCUT2D eigenvalue weighted by atomic mass is 79.9. The molecule has 0 bridgehead atoms. The molecule has 2 rings (SSSR count). The molecule has 0 saturated carbocycles. The standard InChI is InChI=1S/C13H13BrN2O2/c14-12-10(4-1-5-11(12)15)13(17)16-7-6-9-3-2-8-18-9/h1-5,8H,6-7,15H2,(H,16,17). The van der Waals surface area contributed by atoms with Crippen LogP contribution in [0.1, 0.15) is 16.1 Å². The van der Waals surface area contributed by atoms with Gasteiger partial charge < -0.3 is 15.5 Å². The lowest BCUT2D eigenvalue weighted by molar-refractivity contribution is 0.0953. The lowest BCUT2D eigenvalue weighted by Crippen LogP contribution is -2.26. The quantitative estimate of drug-likeness (QED) is 0.853. The van der Waals surface area contributed by atoms with Crippen molar-refractivity contribution < 1.29 is 9.21 Å². The Kier molecular flexibility index (Phi) is 4.04. The number of carbonyl (C=O) groups excluding carboxylic acids is 1. The van der Waals surface area contributed by atoms with E-state index in [1.807, 2.05) is 12.1 Å². The summed E-state index contributed by atoms with van der Waals surface area (Å²) in [6.45, 7) is 0.521. The van der Waals surface area contributed by atoms with Gasteiger partial charge in [0, 0.05) is 18.7 Å². The van der Waals surface area contributed by atoms with E-state index in [2.05, 4.69) is 21.2 Å². The monoisotopic (exact) mass is 308 g/mol. The topological polar surface area (TPSA) is 68.3 Å². The number of furan rings is 1. The number of anilines is 1. The van der Waals surface area contributed by atoms with Gasteiger partial charge in [0.2, 0.25) is 0 Å². The van der Waals surface area contributed by atoms with Crippen molar-refractivity contribution in [2.24, 2.45) is 0 Å². The summed E-state index contributed by atoms with van der Waals surface area (Å²) in [5.74, 6) is 0.697. The fraction of sp³-hybridized carbons (Fsp3) is 0.154. The molecule has 0 spiro atoms. The summed E-state index contributed by atoms with van der Waals surface area (Å²) in [6, 6.07) is 8.92. The first-order chi connectivity index (χ1) is 8.68. The molecule has 1 amide bonds. The van der Waals surface area contributed by atoms with Gasteiger partial charge in [0.1, 0.15) is 5.76 Å². The first-order valence-corrected chi connectivity index (χ1v) is 6.32. The molecule has 0 aliphatic heterocycles. The molecule has 1 aromatic heterocycles. The summed E-state index contributed by atoms with van der Waals surface area (Å²) in [7, 11) is 0. The van der Waals surface area contributed by atoms with E-state index in [9.17, 15) is 4.79 Å². The number of nitrogens with one attached hydrogen (secondary N) is 1. The van der Waals surface area contributed by atoms with Crippen LogP contribution in [0.25, 0.3) is 0 Å². The van der Waals surface area contributed by atoms with Crippen molar-refractivity contribution in [3.05, 3.63) is 52.4 Å². The zero-order valence-electron chi connectivity index (χ0n) is 9.65. The summed E-state index contributed by atoms with van der Waals surface area (Å²) < 4.78 is 5.81. The molecule has 1 aromatic carbocycles. The fourth-order valence-electron chi connectivity index (χ4n) is 1.57. The maximum atomic E-state index is 11.9. The third-order valence-corrected chi connectivity index (χ3v) is 3.40. The number of amides is 1. The molecule has 0 fully saturated rings. The van der Waals surface area contributed by atoms with Gasteiger partial charge in [-0.05, 0) is 40.2 Å². The van der Waals surface area contributed by atoms with Crippen LogP contribution in [-0.4, -0.2) is 12.5 Å². The van der Waals surface area contributed by atoms with E-state index in [-0.39, 0.29) is 5.91 Å². The number of benzene rings is 1. The van der Waals surface area contributed by atoms with Crippen LogP contribution in [0.4, 0.5) is 5.69 Å². The molecule has 0 aliphatic rings. The van der Waals surface area contributed by atoms with Gasteiger partial charge in [0.25, 0.3) is 5.91 Å². The average molecular weight is 309 g/mol. The minimum absolute atomic E-state index is 0.152. The lowest BCUT2D eigenvalue weighted by Gasteiger charge is -2.07. The van der Waals surface area contributed by atoms with Crippen molar-refractivity contribution in [2.75, 3.05) is 12.3 Å². The first kappa shape index (κ1) is 12.7. The molecule has 0 atom stereocenters. The number of rotatable bonds is 4. The number of halogens is 1. The summed E-state index contributed by atoms with van der Waals surface area (Å²) in [6.07, 6.45) is 2.28. The highest BCUT2D eigenvalue weighted by molar-refractivity contribution is 9.10. The largest absolute Gasteiger partial charge is 0.469 e. The Hall–Kier alpha value is -1.75. The number of hydrogen-bond acceptors (Lipinski definition) is 3. The van der Waals surface area contributed by atoms with E-state index < -0.39 is 0 Å². The number of nitrogens with two attached hydrogens (primary N) is 1. The van der Waals surface area contributed by atoms with Crippen LogP contribution in [0.2, 0.25) is 0 Å².